The van der Waals surface area contributed by atoms with Gasteiger partial charge < -0.3 is 15.0 Å². The Balaban J connectivity index is 1.40. The summed E-state index contributed by atoms with van der Waals surface area (Å²) in [7, 11) is 1.67. The summed E-state index contributed by atoms with van der Waals surface area (Å²) >= 11 is 1.60. The lowest BCUT2D eigenvalue weighted by atomic mass is 10.2. The van der Waals surface area contributed by atoms with Crippen molar-refractivity contribution in [3.63, 3.8) is 0 Å². The summed E-state index contributed by atoms with van der Waals surface area (Å²) in [6.07, 6.45) is 0. The molecule has 3 aromatic carbocycles. The largest absolute Gasteiger partial charge is 0.497 e. The van der Waals surface area contributed by atoms with E-state index >= 15 is 0 Å². The van der Waals surface area contributed by atoms with Gasteiger partial charge in [-0.1, -0.05) is 23.5 Å². The number of nitrogens with zero attached hydrogens (tertiary/aromatic N) is 2. The lowest BCUT2D eigenvalue weighted by Crippen LogP contribution is -1.89. The van der Waals surface area contributed by atoms with Gasteiger partial charge in [-0.2, -0.15) is 0 Å². The predicted octanol–water partition coefficient (Wildman–Crippen LogP) is 5.59. The van der Waals surface area contributed by atoms with Crippen molar-refractivity contribution in [3.8, 4) is 17.1 Å². The molecule has 0 bridgehead atoms. The van der Waals surface area contributed by atoms with E-state index in [9.17, 15) is 0 Å². The topological polar surface area (TPSA) is 62.8 Å². The first-order chi connectivity index (χ1) is 13.3. The molecule has 0 aliphatic carbocycles. The second kappa shape index (κ2) is 6.41. The van der Waals surface area contributed by atoms with Crippen molar-refractivity contribution >= 4 is 43.4 Å². The van der Waals surface area contributed by atoms with Crippen LogP contribution in [0, 0.1) is 0 Å². The van der Waals surface area contributed by atoms with Crippen LogP contribution in [0.5, 0.6) is 5.75 Å². The van der Waals surface area contributed by atoms with Crippen molar-refractivity contribution < 1.29 is 4.74 Å². The standard InChI is InChI=1S/C21H16N4OS/c1-26-15-10-11-18-19(12-15)27-21(25-18)22-14-8-6-13(7-9-14)20-23-16-4-2-3-5-17(16)24-20/h2-12H,1H3,(H,22,25)(H,23,24). The van der Waals surface area contributed by atoms with Crippen LogP contribution in [0.3, 0.4) is 0 Å². The van der Waals surface area contributed by atoms with Crippen molar-refractivity contribution in [2.45, 2.75) is 0 Å². The van der Waals surface area contributed by atoms with E-state index < -0.39 is 0 Å². The third-order valence-electron chi connectivity index (χ3n) is 4.39. The molecule has 5 nitrogen and oxygen atoms in total. The smallest absolute Gasteiger partial charge is 0.188 e. The fraction of sp³-hybridized carbons (Fsp3) is 0.0476. The molecule has 0 aliphatic heterocycles. The summed E-state index contributed by atoms with van der Waals surface area (Å²) in [6.45, 7) is 0. The summed E-state index contributed by atoms with van der Waals surface area (Å²) in [5.41, 5.74) is 5.01. The number of ether oxygens (including phenoxy) is 1. The zero-order chi connectivity index (χ0) is 18.2. The average molecular weight is 372 g/mol. The van der Waals surface area contributed by atoms with Gasteiger partial charge in [0.25, 0.3) is 0 Å². The van der Waals surface area contributed by atoms with Gasteiger partial charge in [-0.15, -0.1) is 0 Å². The molecule has 2 N–H and O–H groups in total. The van der Waals surface area contributed by atoms with Crippen molar-refractivity contribution in [1.29, 1.82) is 0 Å². The van der Waals surface area contributed by atoms with Gasteiger partial charge in [-0.3, -0.25) is 0 Å². The summed E-state index contributed by atoms with van der Waals surface area (Å²) in [5, 5.41) is 4.23. The maximum Gasteiger partial charge on any atom is 0.188 e. The van der Waals surface area contributed by atoms with Crippen LogP contribution in [0.4, 0.5) is 10.8 Å². The lowest BCUT2D eigenvalue weighted by Gasteiger charge is -2.03. The summed E-state index contributed by atoms with van der Waals surface area (Å²) < 4.78 is 6.37. The number of fused-ring (bicyclic) bond motifs is 2. The van der Waals surface area contributed by atoms with Gasteiger partial charge in [-0.25, -0.2) is 9.97 Å². The van der Waals surface area contributed by atoms with Crippen LogP contribution in [0.25, 0.3) is 32.6 Å². The molecular formula is C21H16N4OS. The van der Waals surface area contributed by atoms with Crippen molar-refractivity contribution in [3.05, 3.63) is 66.7 Å². The van der Waals surface area contributed by atoms with E-state index in [2.05, 4.69) is 32.4 Å². The van der Waals surface area contributed by atoms with Gasteiger partial charge in [0.1, 0.15) is 11.6 Å². The van der Waals surface area contributed by atoms with E-state index in [1.165, 1.54) is 0 Å². The fourth-order valence-electron chi connectivity index (χ4n) is 3.01. The first-order valence-electron chi connectivity index (χ1n) is 8.55. The first kappa shape index (κ1) is 15.8. The maximum atomic E-state index is 5.28. The molecule has 27 heavy (non-hydrogen) atoms. The molecule has 0 spiro atoms. The highest BCUT2D eigenvalue weighted by molar-refractivity contribution is 7.22. The number of H-pyrrole nitrogens is 1. The van der Waals surface area contributed by atoms with Crippen LogP contribution < -0.4 is 10.1 Å². The number of imidazole rings is 1. The number of anilines is 2. The van der Waals surface area contributed by atoms with E-state index in [1.807, 2.05) is 54.6 Å². The van der Waals surface area contributed by atoms with Gasteiger partial charge in [0.15, 0.2) is 5.13 Å². The molecule has 0 radical (unpaired) electrons. The molecule has 0 saturated carbocycles. The van der Waals surface area contributed by atoms with Crippen molar-refractivity contribution in [2.75, 3.05) is 12.4 Å². The average Bonchev–Trinajstić information content (AvgIpc) is 3.31. The second-order valence-corrected chi connectivity index (χ2v) is 7.19. The number of hydrogen-bond donors (Lipinski definition) is 2. The number of thiazole rings is 1. The second-order valence-electron chi connectivity index (χ2n) is 6.16. The van der Waals surface area contributed by atoms with Gasteiger partial charge >= 0.3 is 0 Å². The number of rotatable bonds is 4. The van der Waals surface area contributed by atoms with E-state index in [-0.39, 0.29) is 0 Å². The van der Waals surface area contributed by atoms with Crippen LogP contribution in [0.15, 0.2) is 66.7 Å². The highest BCUT2D eigenvalue weighted by atomic mass is 32.1. The molecule has 0 aliphatic rings. The Labute approximate surface area is 159 Å². The van der Waals surface area contributed by atoms with Crippen LogP contribution in [0.1, 0.15) is 0 Å². The van der Waals surface area contributed by atoms with Gasteiger partial charge in [0.05, 0.1) is 28.4 Å². The minimum atomic E-state index is 0.841. The highest BCUT2D eigenvalue weighted by Crippen LogP contribution is 2.31. The summed E-state index contributed by atoms with van der Waals surface area (Å²) in [5.74, 6) is 1.71. The Morgan fingerprint density at radius 1 is 0.926 bits per heavy atom. The molecule has 0 unspecified atom stereocenters. The number of hydrogen-bond acceptors (Lipinski definition) is 5. The first-order valence-corrected chi connectivity index (χ1v) is 9.37. The normalized spacial score (nSPS) is 11.1. The Kier molecular flexibility index (Phi) is 3.76. The quantitative estimate of drug-likeness (QED) is 0.431. The third kappa shape index (κ3) is 3.00. The van der Waals surface area contributed by atoms with Crippen LogP contribution >= 0.6 is 11.3 Å². The SMILES string of the molecule is COc1ccc2nc(Nc3ccc(-c4nc5ccccc5[nH]4)cc3)sc2c1. The van der Waals surface area contributed by atoms with Crippen LogP contribution in [0.2, 0.25) is 0 Å². The number of nitrogens with one attached hydrogen (secondary N) is 2. The molecule has 2 heterocycles. The van der Waals surface area contributed by atoms with E-state index in [1.54, 1.807) is 18.4 Å². The monoisotopic (exact) mass is 372 g/mol. The Bertz CT molecular complexity index is 1210. The van der Waals surface area contributed by atoms with Crippen molar-refractivity contribution in [1.82, 2.24) is 15.0 Å². The molecule has 6 heteroatoms. The summed E-state index contributed by atoms with van der Waals surface area (Å²) in [6, 6.07) is 22.1. The number of aromatic nitrogens is 3. The molecule has 0 saturated heterocycles. The third-order valence-corrected chi connectivity index (χ3v) is 5.33. The molecule has 5 rings (SSSR count). The molecule has 0 atom stereocenters. The molecule has 0 amide bonds. The van der Waals surface area contributed by atoms with E-state index in [4.69, 9.17) is 4.74 Å². The van der Waals surface area contributed by atoms with Gasteiger partial charge in [-0.05, 0) is 54.6 Å². The maximum absolute atomic E-state index is 5.28. The fourth-order valence-corrected chi connectivity index (χ4v) is 3.92. The predicted molar refractivity (Wildman–Crippen MR) is 111 cm³/mol. The van der Waals surface area contributed by atoms with Crippen LogP contribution in [-0.4, -0.2) is 22.1 Å². The number of aromatic amines is 1. The zero-order valence-corrected chi connectivity index (χ0v) is 15.4. The van der Waals surface area contributed by atoms with E-state index in [0.29, 0.717) is 0 Å². The lowest BCUT2D eigenvalue weighted by molar-refractivity contribution is 0.415. The Morgan fingerprint density at radius 2 is 1.78 bits per heavy atom. The number of para-hydroxylation sites is 2. The summed E-state index contributed by atoms with van der Waals surface area (Å²) in [4.78, 5) is 12.6. The van der Waals surface area contributed by atoms with E-state index in [0.717, 1.165) is 49.2 Å². The minimum Gasteiger partial charge on any atom is -0.497 e. The number of methoxy groups -OCH3 is 1. The molecule has 5 aromatic rings. The Hall–Kier alpha value is -3.38. The van der Waals surface area contributed by atoms with Gasteiger partial charge in [0, 0.05) is 11.3 Å². The van der Waals surface area contributed by atoms with Crippen molar-refractivity contribution in [2.24, 2.45) is 0 Å². The van der Waals surface area contributed by atoms with Gasteiger partial charge in [0.2, 0.25) is 0 Å². The Morgan fingerprint density at radius 3 is 2.59 bits per heavy atom. The molecule has 132 valence electrons. The molecule has 0 fully saturated rings. The zero-order valence-electron chi connectivity index (χ0n) is 14.6. The number of benzene rings is 3. The highest BCUT2D eigenvalue weighted by Gasteiger charge is 2.07. The molecule has 2 aromatic heterocycles. The minimum absolute atomic E-state index is 0.841. The van der Waals surface area contributed by atoms with Crippen LogP contribution in [-0.2, 0) is 0 Å². The molecular weight excluding hydrogens is 356 g/mol.